The minimum absolute atomic E-state index is 0.220. The number of amides is 2. The van der Waals surface area contributed by atoms with Gasteiger partial charge in [-0.25, -0.2) is 9.59 Å². The Morgan fingerprint density at radius 3 is 2.11 bits per heavy atom. The molecular weight excluding hydrogens is 244 g/mol. The Balaban J connectivity index is 2.48. The van der Waals surface area contributed by atoms with Crippen LogP contribution in [0.4, 0.5) is 4.79 Å². The topological polar surface area (TPSA) is 78.4 Å². The number of nitrogens with one attached hydrogen (secondary N) is 2. The van der Waals surface area contributed by atoms with Gasteiger partial charge in [0.1, 0.15) is 6.04 Å². The van der Waals surface area contributed by atoms with Crippen LogP contribution in [0.5, 0.6) is 0 Å². The third-order valence-corrected chi connectivity index (χ3v) is 4.11. The summed E-state index contributed by atoms with van der Waals surface area (Å²) >= 11 is 0. The molecule has 0 aromatic heterocycles. The molecule has 5 heteroatoms. The SMILES string of the molecule is CC(C)C1(CNC(=O)N[C@H](C(=O)O)C(C)(C)C)CC1. The molecule has 0 heterocycles. The summed E-state index contributed by atoms with van der Waals surface area (Å²) in [6, 6.07) is -1.28. The molecule has 1 aliphatic carbocycles. The summed E-state index contributed by atoms with van der Waals surface area (Å²) in [7, 11) is 0. The molecule has 3 N–H and O–H groups in total. The number of carbonyl (C=O) groups excluding carboxylic acids is 1. The van der Waals surface area contributed by atoms with E-state index in [-0.39, 0.29) is 5.41 Å². The Labute approximate surface area is 115 Å². The van der Waals surface area contributed by atoms with Gasteiger partial charge in [-0.3, -0.25) is 0 Å². The maximum absolute atomic E-state index is 11.8. The Morgan fingerprint density at radius 2 is 1.79 bits per heavy atom. The van der Waals surface area contributed by atoms with Gasteiger partial charge in [0.25, 0.3) is 0 Å². The van der Waals surface area contributed by atoms with Gasteiger partial charge in [0, 0.05) is 6.54 Å². The molecule has 1 aliphatic rings. The van der Waals surface area contributed by atoms with Crippen molar-refractivity contribution in [1.29, 1.82) is 0 Å². The number of hydrogen-bond acceptors (Lipinski definition) is 2. The second kappa shape index (κ2) is 5.39. The lowest BCUT2D eigenvalue weighted by Crippen LogP contribution is -2.53. The summed E-state index contributed by atoms with van der Waals surface area (Å²) in [5.74, 6) is -0.474. The monoisotopic (exact) mass is 270 g/mol. The Hall–Kier alpha value is -1.26. The first-order chi connectivity index (χ1) is 8.58. The predicted molar refractivity (Wildman–Crippen MR) is 73.9 cm³/mol. The second-order valence-electron chi connectivity index (χ2n) is 6.98. The summed E-state index contributed by atoms with van der Waals surface area (Å²) in [5, 5.41) is 14.5. The largest absolute Gasteiger partial charge is 0.480 e. The molecule has 5 nitrogen and oxygen atoms in total. The average Bonchev–Trinajstić information content (AvgIpc) is 3.02. The Bertz CT molecular complexity index is 354. The van der Waals surface area contributed by atoms with E-state index < -0.39 is 23.5 Å². The fraction of sp³-hybridized carbons (Fsp3) is 0.857. The van der Waals surface area contributed by atoms with Gasteiger partial charge in [0.15, 0.2) is 0 Å². The summed E-state index contributed by atoms with van der Waals surface area (Å²) in [4.78, 5) is 23.0. The van der Waals surface area contributed by atoms with E-state index in [0.29, 0.717) is 12.5 Å². The molecule has 1 atom stereocenters. The van der Waals surface area contributed by atoms with Gasteiger partial charge in [-0.2, -0.15) is 0 Å². The van der Waals surface area contributed by atoms with Crippen molar-refractivity contribution in [3.05, 3.63) is 0 Å². The number of aliphatic carboxylic acids is 1. The predicted octanol–water partition coefficient (Wildman–Crippen LogP) is 2.22. The molecule has 0 radical (unpaired) electrons. The number of urea groups is 1. The molecule has 1 fully saturated rings. The summed E-state index contributed by atoms with van der Waals surface area (Å²) < 4.78 is 0. The zero-order valence-electron chi connectivity index (χ0n) is 12.5. The van der Waals surface area contributed by atoms with Crippen LogP contribution in [0.1, 0.15) is 47.5 Å². The number of carboxylic acids is 1. The molecular formula is C14H26N2O3. The van der Waals surface area contributed by atoms with E-state index in [4.69, 9.17) is 5.11 Å². The van der Waals surface area contributed by atoms with Gasteiger partial charge in [-0.05, 0) is 29.6 Å². The molecule has 0 aromatic carbocycles. The molecule has 1 rings (SSSR count). The van der Waals surface area contributed by atoms with Crippen LogP contribution in [-0.4, -0.2) is 29.7 Å². The standard InChI is InChI=1S/C14H26N2O3/c1-9(2)14(6-7-14)8-15-12(19)16-10(11(17)18)13(3,4)5/h9-10H,6-8H2,1-5H3,(H,17,18)(H2,15,16,19)/t10-/m1/s1. The van der Waals surface area contributed by atoms with Gasteiger partial charge in [-0.1, -0.05) is 34.6 Å². The van der Waals surface area contributed by atoms with Gasteiger partial charge in [0.05, 0.1) is 0 Å². The average molecular weight is 270 g/mol. The first-order valence-electron chi connectivity index (χ1n) is 6.86. The smallest absolute Gasteiger partial charge is 0.326 e. The summed E-state index contributed by atoms with van der Waals surface area (Å²) in [5.41, 5.74) is -0.295. The number of carbonyl (C=O) groups is 2. The maximum Gasteiger partial charge on any atom is 0.326 e. The normalized spacial score (nSPS) is 18.8. The van der Waals surface area contributed by atoms with E-state index in [1.54, 1.807) is 20.8 Å². The van der Waals surface area contributed by atoms with E-state index in [2.05, 4.69) is 24.5 Å². The van der Waals surface area contributed by atoms with Crippen LogP contribution in [0.25, 0.3) is 0 Å². The molecule has 0 aliphatic heterocycles. The van der Waals surface area contributed by atoms with Crippen LogP contribution in [0.3, 0.4) is 0 Å². The Kier molecular flexibility index (Phi) is 4.48. The van der Waals surface area contributed by atoms with E-state index in [9.17, 15) is 9.59 Å². The number of carboxylic acid groups (broad SMARTS) is 1. The van der Waals surface area contributed by atoms with Crippen LogP contribution in [0.2, 0.25) is 0 Å². The van der Waals surface area contributed by atoms with Crippen molar-refractivity contribution in [3.8, 4) is 0 Å². The fourth-order valence-corrected chi connectivity index (χ4v) is 2.21. The van der Waals surface area contributed by atoms with Crippen LogP contribution >= 0.6 is 0 Å². The van der Waals surface area contributed by atoms with Gasteiger partial charge < -0.3 is 15.7 Å². The van der Waals surface area contributed by atoms with E-state index in [1.165, 1.54) is 0 Å². The lowest BCUT2D eigenvalue weighted by Gasteiger charge is -2.28. The highest BCUT2D eigenvalue weighted by Crippen LogP contribution is 2.51. The van der Waals surface area contributed by atoms with Crippen molar-refractivity contribution in [2.24, 2.45) is 16.7 Å². The van der Waals surface area contributed by atoms with Crippen molar-refractivity contribution in [3.63, 3.8) is 0 Å². The summed E-state index contributed by atoms with van der Waals surface area (Å²) in [6.07, 6.45) is 2.26. The van der Waals surface area contributed by atoms with Crippen molar-refractivity contribution in [2.75, 3.05) is 6.54 Å². The lowest BCUT2D eigenvalue weighted by molar-refractivity contribution is -0.141. The zero-order chi connectivity index (χ0) is 14.8. The zero-order valence-corrected chi connectivity index (χ0v) is 12.5. The van der Waals surface area contributed by atoms with Crippen LogP contribution in [0, 0.1) is 16.7 Å². The first kappa shape index (κ1) is 15.8. The number of rotatable bonds is 5. The van der Waals surface area contributed by atoms with E-state index in [0.717, 1.165) is 12.8 Å². The van der Waals surface area contributed by atoms with Gasteiger partial charge in [-0.15, -0.1) is 0 Å². The molecule has 19 heavy (non-hydrogen) atoms. The molecule has 0 aromatic rings. The lowest BCUT2D eigenvalue weighted by atomic mass is 9.87. The van der Waals surface area contributed by atoms with Crippen LogP contribution in [0.15, 0.2) is 0 Å². The highest BCUT2D eigenvalue weighted by molar-refractivity contribution is 5.83. The van der Waals surface area contributed by atoms with Crippen LogP contribution < -0.4 is 10.6 Å². The molecule has 0 unspecified atom stereocenters. The molecule has 2 amide bonds. The van der Waals surface area contributed by atoms with Crippen molar-refractivity contribution in [2.45, 2.75) is 53.5 Å². The van der Waals surface area contributed by atoms with Crippen molar-refractivity contribution >= 4 is 12.0 Å². The van der Waals surface area contributed by atoms with Crippen molar-refractivity contribution < 1.29 is 14.7 Å². The first-order valence-corrected chi connectivity index (χ1v) is 6.86. The van der Waals surface area contributed by atoms with E-state index >= 15 is 0 Å². The van der Waals surface area contributed by atoms with E-state index in [1.807, 2.05) is 0 Å². The highest BCUT2D eigenvalue weighted by atomic mass is 16.4. The molecule has 1 saturated carbocycles. The third-order valence-electron chi connectivity index (χ3n) is 4.11. The second-order valence-corrected chi connectivity index (χ2v) is 6.98. The highest BCUT2D eigenvalue weighted by Gasteiger charge is 2.45. The molecule has 0 bridgehead atoms. The van der Waals surface area contributed by atoms with Crippen LogP contribution in [-0.2, 0) is 4.79 Å². The van der Waals surface area contributed by atoms with Gasteiger partial charge in [0.2, 0.25) is 0 Å². The minimum Gasteiger partial charge on any atom is -0.480 e. The minimum atomic E-state index is -1.01. The number of hydrogen-bond donors (Lipinski definition) is 3. The quantitative estimate of drug-likeness (QED) is 0.716. The molecule has 0 saturated heterocycles. The maximum atomic E-state index is 11.8. The molecule has 110 valence electrons. The Morgan fingerprint density at radius 1 is 1.26 bits per heavy atom. The molecule has 0 spiro atoms. The fourth-order valence-electron chi connectivity index (χ4n) is 2.21. The van der Waals surface area contributed by atoms with Crippen molar-refractivity contribution in [1.82, 2.24) is 10.6 Å². The summed E-state index contributed by atoms with van der Waals surface area (Å²) in [6.45, 7) is 10.3. The van der Waals surface area contributed by atoms with Gasteiger partial charge >= 0.3 is 12.0 Å². The third kappa shape index (κ3) is 4.11.